The van der Waals surface area contributed by atoms with Gasteiger partial charge in [-0.05, 0) is 25.5 Å². The summed E-state index contributed by atoms with van der Waals surface area (Å²) in [5, 5.41) is 3.07. The first-order valence-corrected chi connectivity index (χ1v) is 8.48. The highest BCUT2D eigenvalue weighted by Crippen LogP contribution is 2.23. The number of nitrogen functional groups attached to an aromatic ring is 1. The van der Waals surface area contributed by atoms with Gasteiger partial charge in [-0.15, -0.1) is 0 Å². The van der Waals surface area contributed by atoms with Crippen molar-refractivity contribution < 1.29 is 17.9 Å². The molecule has 0 saturated carbocycles. The maximum absolute atomic E-state index is 11.7. The number of nitrogens with one attached hydrogen (secondary N) is 2. The Balaban J connectivity index is 2.56. The van der Waals surface area contributed by atoms with Crippen LogP contribution in [0.4, 0.5) is 11.4 Å². The van der Waals surface area contributed by atoms with Crippen LogP contribution in [0.3, 0.4) is 0 Å². The number of benzene rings is 1. The van der Waals surface area contributed by atoms with E-state index >= 15 is 0 Å². The molecular weight excluding hydrogens is 294 g/mol. The third-order valence-electron chi connectivity index (χ3n) is 2.63. The van der Waals surface area contributed by atoms with Gasteiger partial charge in [0.05, 0.1) is 29.8 Å². The Morgan fingerprint density at radius 2 is 2.05 bits per heavy atom. The van der Waals surface area contributed by atoms with E-state index in [1.807, 2.05) is 0 Å². The molecule has 7 nitrogen and oxygen atoms in total. The molecular formula is C13H21N3O4S. The summed E-state index contributed by atoms with van der Waals surface area (Å²) in [5.74, 6) is -0.461. The Hall–Kier alpha value is -1.80. The van der Waals surface area contributed by atoms with Crippen LogP contribution in [0.2, 0.25) is 0 Å². The van der Waals surface area contributed by atoms with Crippen LogP contribution in [-0.2, 0) is 14.8 Å². The van der Waals surface area contributed by atoms with Gasteiger partial charge in [0.1, 0.15) is 0 Å². The van der Waals surface area contributed by atoms with Crippen molar-refractivity contribution in [1.29, 1.82) is 0 Å². The van der Waals surface area contributed by atoms with Gasteiger partial charge in [-0.1, -0.05) is 6.07 Å². The summed E-state index contributed by atoms with van der Waals surface area (Å²) in [5.41, 5.74) is 7.19. The fraction of sp³-hybridized carbons (Fsp3) is 0.462. The molecule has 0 spiro atoms. The fourth-order valence-corrected chi connectivity index (χ4v) is 2.19. The van der Waals surface area contributed by atoms with Crippen LogP contribution in [0.15, 0.2) is 18.2 Å². The van der Waals surface area contributed by atoms with Crippen molar-refractivity contribution in [3.8, 4) is 0 Å². The largest absolute Gasteiger partial charge is 0.462 e. The first kappa shape index (κ1) is 17.3. The third kappa shape index (κ3) is 6.01. The van der Waals surface area contributed by atoms with Crippen molar-refractivity contribution in [2.45, 2.75) is 13.3 Å². The summed E-state index contributed by atoms with van der Waals surface area (Å²) >= 11 is 0. The van der Waals surface area contributed by atoms with E-state index in [4.69, 9.17) is 10.5 Å². The van der Waals surface area contributed by atoms with Crippen molar-refractivity contribution in [2.75, 3.05) is 37.0 Å². The molecule has 1 aromatic rings. The second-order valence-corrected chi connectivity index (χ2v) is 6.27. The predicted molar refractivity (Wildman–Crippen MR) is 82.8 cm³/mol. The molecule has 1 rings (SSSR count). The lowest BCUT2D eigenvalue weighted by atomic mass is 10.1. The van der Waals surface area contributed by atoms with E-state index in [1.165, 1.54) is 0 Å². The maximum Gasteiger partial charge on any atom is 0.340 e. The van der Waals surface area contributed by atoms with Crippen LogP contribution in [0.1, 0.15) is 23.7 Å². The number of hydrogen-bond donors (Lipinski definition) is 3. The van der Waals surface area contributed by atoms with E-state index in [0.717, 1.165) is 6.26 Å². The van der Waals surface area contributed by atoms with Crippen LogP contribution in [0, 0.1) is 0 Å². The summed E-state index contributed by atoms with van der Waals surface area (Å²) in [4.78, 5) is 11.7. The van der Waals surface area contributed by atoms with Crippen molar-refractivity contribution in [3.05, 3.63) is 23.8 Å². The zero-order valence-electron chi connectivity index (χ0n) is 12.2. The lowest BCUT2D eigenvalue weighted by Gasteiger charge is -2.12. The number of esters is 1. The van der Waals surface area contributed by atoms with Crippen molar-refractivity contribution in [1.82, 2.24) is 4.72 Å². The van der Waals surface area contributed by atoms with E-state index in [2.05, 4.69) is 10.0 Å². The number of para-hydroxylation sites is 1. The summed E-state index contributed by atoms with van der Waals surface area (Å²) < 4.78 is 29.1. The minimum atomic E-state index is -3.17. The molecule has 0 aromatic heterocycles. The standard InChI is InChI=1S/C13H21N3O4S/c1-3-20-13(17)10-6-4-7-11(12(10)14)15-8-5-9-16-21(2,18)19/h4,6-7,15-16H,3,5,8-9,14H2,1-2H3. The van der Waals surface area contributed by atoms with Gasteiger partial charge in [-0.2, -0.15) is 0 Å². The molecule has 4 N–H and O–H groups in total. The van der Waals surface area contributed by atoms with Crippen molar-refractivity contribution in [2.24, 2.45) is 0 Å². The SMILES string of the molecule is CCOC(=O)c1cccc(NCCCNS(C)(=O)=O)c1N. The average Bonchev–Trinajstić information content (AvgIpc) is 2.39. The monoisotopic (exact) mass is 315 g/mol. The maximum atomic E-state index is 11.7. The number of rotatable bonds is 8. The summed E-state index contributed by atoms with van der Waals surface area (Å²) in [6.45, 7) is 2.88. The molecule has 0 atom stereocenters. The highest BCUT2D eigenvalue weighted by atomic mass is 32.2. The van der Waals surface area contributed by atoms with Gasteiger partial charge < -0.3 is 15.8 Å². The molecule has 0 aliphatic carbocycles. The molecule has 118 valence electrons. The molecule has 0 aliphatic rings. The summed E-state index contributed by atoms with van der Waals surface area (Å²) in [7, 11) is -3.17. The van der Waals surface area contributed by atoms with Gasteiger partial charge in [-0.3, -0.25) is 0 Å². The molecule has 21 heavy (non-hydrogen) atoms. The lowest BCUT2D eigenvalue weighted by molar-refractivity contribution is 0.0527. The molecule has 0 unspecified atom stereocenters. The molecule has 0 saturated heterocycles. The Kier molecular flexibility index (Phi) is 6.44. The molecule has 0 heterocycles. The first-order chi connectivity index (χ1) is 9.85. The van der Waals surface area contributed by atoms with E-state index in [0.29, 0.717) is 36.4 Å². The Morgan fingerprint density at radius 3 is 2.67 bits per heavy atom. The minimum absolute atomic E-state index is 0.285. The Bertz CT molecular complexity index is 587. The Labute approximate surface area is 124 Å². The number of ether oxygens (including phenoxy) is 1. The highest BCUT2D eigenvalue weighted by molar-refractivity contribution is 7.88. The van der Waals surface area contributed by atoms with E-state index in [1.54, 1.807) is 25.1 Å². The Morgan fingerprint density at radius 1 is 1.33 bits per heavy atom. The van der Waals surface area contributed by atoms with Gasteiger partial charge in [0.15, 0.2) is 0 Å². The van der Waals surface area contributed by atoms with E-state index in [-0.39, 0.29) is 6.61 Å². The first-order valence-electron chi connectivity index (χ1n) is 6.59. The summed E-state index contributed by atoms with van der Waals surface area (Å²) in [6, 6.07) is 5.06. The fourth-order valence-electron chi connectivity index (χ4n) is 1.68. The smallest absolute Gasteiger partial charge is 0.340 e. The van der Waals surface area contributed by atoms with Gasteiger partial charge in [0, 0.05) is 13.1 Å². The normalized spacial score (nSPS) is 11.1. The molecule has 0 bridgehead atoms. The van der Waals surface area contributed by atoms with Crippen LogP contribution in [0.25, 0.3) is 0 Å². The number of anilines is 2. The van der Waals surface area contributed by atoms with Crippen LogP contribution in [-0.4, -0.2) is 40.3 Å². The van der Waals surface area contributed by atoms with Gasteiger partial charge in [-0.25, -0.2) is 17.9 Å². The third-order valence-corrected chi connectivity index (χ3v) is 3.36. The number of carbonyl (C=O) groups is 1. The van der Waals surface area contributed by atoms with Gasteiger partial charge in [0.25, 0.3) is 0 Å². The van der Waals surface area contributed by atoms with E-state index in [9.17, 15) is 13.2 Å². The average molecular weight is 315 g/mol. The topological polar surface area (TPSA) is 111 Å². The van der Waals surface area contributed by atoms with Gasteiger partial charge in [0.2, 0.25) is 10.0 Å². The number of carbonyl (C=O) groups excluding carboxylic acids is 1. The number of nitrogens with two attached hydrogens (primary N) is 1. The molecule has 1 aromatic carbocycles. The number of sulfonamides is 1. The van der Waals surface area contributed by atoms with Crippen LogP contribution in [0.5, 0.6) is 0 Å². The quantitative estimate of drug-likeness (QED) is 0.372. The predicted octanol–water partition coefficient (Wildman–Crippen LogP) is 0.797. The van der Waals surface area contributed by atoms with Crippen LogP contribution >= 0.6 is 0 Å². The van der Waals surface area contributed by atoms with Gasteiger partial charge >= 0.3 is 5.97 Å². The highest BCUT2D eigenvalue weighted by Gasteiger charge is 2.13. The lowest BCUT2D eigenvalue weighted by Crippen LogP contribution is -2.24. The number of hydrogen-bond acceptors (Lipinski definition) is 6. The zero-order valence-corrected chi connectivity index (χ0v) is 13.0. The zero-order chi connectivity index (χ0) is 15.9. The molecule has 0 aliphatic heterocycles. The second kappa shape index (κ2) is 7.84. The second-order valence-electron chi connectivity index (χ2n) is 4.43. The van der Waals surface area contributed by atoms with Crippen molar-refractivity contribution >= 4 is 27.4 Å². The van der Waals surface area contributed by atoms with E-state index < -0.39 is 16.0 Å². The summed E-state index contributed by atoms with van der Waals surface area (Å²) in [6.07, 6.45) is 1.71. The molecule has 0 fully saturated rings. The molecule has 0 amide bonds. The van der Waals surface area contributed by atoms with Crippen LogP contribution < -0.4 is 15.8 Å². The molecule has 0 radical (unpaired) electrons. The van der Waals surface area contributed by atoms with Crippen molar-refractivity contribution in [3.63, 3.8) is 0 Å². The molecule has 8 heteroatoms. The minimum Gasteiger partial charge on any atom is -0.462 e.